The highest BCUT2D eigenvalue weighted by Gasteiger charge is 2.31. The van der Waals surface area contributed by atoms with E-state index in [0.29, 0.717) is 13.2 Å². The van der Waals surface area contributed by atoms with Gasteiger partial charge in [0.2, 0.25) is 11.8 Å². The van der Waals surface area contributed by atoms with Crippen LogP contribution in [-0.2, 0) is 19.1 Å². The maximum absolute atomic E-state index is 12.2. The number of hydrogen-bond acceptors (Lipinski definition) is 4. The van der Waals surface area contributed by atoms with Crippen molar-refractivity contribution < 1.29 is 19.1 Å². The molecule has 2 amide bonds. The van der Waals surface area contributed by atoms with Gasteiger partial charge in [-0.05, 0) is 44.0 Å². The van der Waals surface area contributed by atoms with E-state index in [9.17, 15) is 14.4 Å². The van der Waals surface area contributed by atoms with Crippen molar-refractivity contribution in [1.82, 2.24) is 5.32 Å². The van der Waals surface area contributed by atoms with Gasteiger partial charge in [-0.3, -0.25) is 14.4 Å². The molecule has 1 saturated heterocycles. The van der Waals surface area contributed by atoms with Gasteiger partial charge in [-0.25, -0.2) is 0 Å². The predicted molar refractivity (Wildman–Crippen MR) is 90.7 cm³/mol. The number of benzene rings is 1. The summed E-state index contributed by atoms with van der Waals surface area (Å²) in [6.45, 7) is 6.52. The Balaban J connectivity index is 1.88. The lowest BCUT2D eigenvalue weighted by atomic mass is 10.1. The smallest absolute Gasteiger partial charge is 0.306 e. The van der Waals surface area contributed by atoms with E-state index in [2.05, 4.69) is 5.32 Å². The van der Waals surface area contributed by atoms with E-state index in [0.717, 1.165) is 11.3 Å². The van der Waals surface area contributed by atoms with E-state index < -0.39 is 0 Å². The van der Waals surface area contributed by atoms with Crippen molar-refractivity contribution in [2.24, 2.45) is 0 Å². The summed E-state index contributed by atoms with van der Waals surface area (Å²) in [7, 11) is 0. The molecule has 1 aliphatic heterocycles. The summed E-state index contributed by atoms with van der Waals surface area (Å²) >= 11 is 0. The second-order valence-corrected chi connectivity index (χ2v) is 6.05. The molecule has 0 radical (unpaired) electrons. The Kier molecular flexibility index (Phi) is 5.95. The first-order valence-electron chi connectivity index (χ1n) is 8.23. The van der Waals surface area contributed by atoms with Crippen LogP contribution >= 0.6 is 0 Å². The third-order valence-corrected chi connectivity index (χ3v) is 4.15. The van der Waals surface area contributed by atoms with Crippen molar-refractivity contribution in [1.29, 1.82) is 0 Å². The summed E-state index contributed by atoms with van der Waals surface area (Å²) in [6, 6.07) is 5.67. The monoisotopic (exact) mass is 332 g/mol. The van der Waals surface area contributed by atoms with Crippen LogP contribution in [0.25, 0.3) is 0 Å². The van der Waals surface area contributed by atoms with Crippen molar-refractivity contribution in [3.05, 3.63) is 29.3 Å². The Morgan fingerprint density at radius 2 is 2.00 bits per heavy atom. The summed E-state index contributed by atoms with van der Waals surface area (Å²) in [5, 5.41) is 2.82. The highest BCUT2D eigenvalue weighted by Crippen LogP contribution is 2.24. The minimum absolute atomic E-state index is 0.00561. The van der Waals surface area contributed by atoms with E-state index in [1.54, 1.807) is 11.8 Å². The van der Waals surface area contributed by atoms with Crippen LogP contribution in [0.1, 0.15) is 37.3 Å². The number of hydrogen-bond donors (Lipinski definition) is 1. The molecule has 0 spiro atoms. The highest BCUT2D eigenvalue weighted by molar-refractivity contribution is 5.97. The quantitative estimate of drug-likeness (QED) is 0.807. The minimum Gasteiger partial charge on any atom is -0.466 e. The second-order valence-electron chi connectivity index (χ2n) is 6.05. The van der Waals surface area contributed by atoms with Gasteiger partial charge < -0.3 is 15.0 Å². The molecule has 1 aromatic carbocycles. The standard InChI is InChI=1S/C18H24N2O4/c1-4-24-18(23)8-7-16(21)19-14-10-17(22)20(11-14)15-6-5-12(2)13(3)9-15/h5-6,9,14H,4,7-8,10-11H2,1-3H3,(H,19,21)/t14-/m1/s1. The normalized spacial score (nSPS) is 17.0. The van der Waals surface area contributed by atoms with E-state index in [1.807, 2.05) is 32.0 Å². The van der Waals surface area contributed by atoms with Crippen molar-refractivity contribution in [3.8, 4) is 0 Å². The molecule has 0 bridgehead atoms. The lowest BCUT2D eigenvalue weighted by Gasteiger charge is -2.18. The molecule has 1 heterocycles. The van der Waals surface area contributed by atoms with Crippen LogP contribution in [0.15, 0.2) is 18.2 Å². The Labute approximate surface area is 142 Å². The third-order valence-electron chi connectivity index (χ3n) is 4.15. The highest BCUT2D eigenvalue weighted by atomic mass is 16.5. The molecule has 0 saturated carbocycles. The summed E-state index contributed by atoms with van der Waals surface area (Å²) in [5.74, 6) is -0.622. The van der Waals surface area contributed by atoms with Crippen molar-refractivity contribution in [3.63, 3.8) is 0 Å². The molecule has 1 fully saturated rings. The van der Waals surface area contributed by atoms with Gasteiger partial charge >= 0.3 is 5.97 Å². The number of nitrogens with one attached hydrogen (secondary N) is 1. The lowest BCUT2D eigenvalue weighted by molar-refractivity contribution is -0.144. The van der Waals surface area contributed by atoms with Gasteiger partial charge in [-0.2, -0.15) is 0 Å². The van der Waals surface area contributed by atoms with Crippen LogP contribution in [-0.4, -0.2) is 37.0 Å². The zero-order valence-electron chi connectivity index (χ0n) is 14.4. The Morgan fingerprint density at radius 3 is 2.67 bits per heavy atom. The van der Waals surface area contributed by atoms with Gasteiger partial charge in [0.05, 0.1) is 19.1 Å². The molecule has 1 N–H and O–H groups in total. The van der Waals surface area contributed by atoms with Crippen molar-refractivity contribution in [2.75, 3.05) is 18.1 Å². The first kappa shape index (κ1) is 18.0. The number of aryl methyl sites for hydroxylation is 2. The number of amides is 2. The first-order chi connectivity index (χ1) is 11.4. The molecule has 1 aliphatic rings. The number of nitrogens with zero attached hydrogens (tertiary/aromatic N) is 1. The molecule has 1 aromatic rings. The lowest BCUT2D eigenvalue weighted by Crippen LogP contribution is -2.37. The van der Waals surface area contributed by atoms with Crippen LogP contribution in [0.2, 0.25) is 0 Å². The number of esters is 1. The van der Waals surface area contributed by atoms with Crippen LogP contribution in [0.5, 0.6) is 0 Å². The van der Waals surface area contributed by atoms with E-state index >= 15 is 0 Å². The molecule has 0 unspecified atom stereocenters. The molecule has 130 valence electrons. The van der Waals surface area contributed by atoms with Crippen LogP contribution in [0.3, 0.4) is 0 Å². The second kappa shape index (κ2) is 7.95. The zero-order chi connectivity index (χ0) is 17.7. The fourth-order valence-electron chi connectivity index (χ4n) is 2.70. The molecule has 1 atom stereocenters. The van der Waals surface area contributed by atoms with E-state index in [1.165, 1.54) is 5.56 Å². The van der Waals surface area contributed by atoms with Crippen LogP contribution in [0.4, 0.5) is 5.69 Å². The van der Waals surface area contributed by atoms with Crippen molar-refractivity contribution >= 4 is 23.5 Å². The fraction of sp³-hybridized carbons (Fsp3) is 0.500. The van der Waals surface area contributed by atoms with Gasteiger partial charge in [0.15, 0.2) is 0 Å². The summed E-state index contributed by atoms with van der Waals surface area (Å²) in [4.78, 5) is 37.1. The van der Waals surface area contributed by atoms with Crippen LogP contribution < -0.4 is 10.2 Å². The average Bonchev–Trinajstić information content (AvgIpc) is 2.89. The molecule has 2 rings (SSSR count). The van der Waals surface area contributed by atoms with Gasteiger partial charge in [0.25, 0.3) is 0 Å². The molecular formula is C18H24N2O4. The van der Waals surface area contributed by atoms with Gasteiger partial charge in [-0.1, -0.05) is 6.07 Å². The van der Waals surface area contributed by atoms with Gasteiger partial charge in [-0.15, -0.1) is 0 Å². The maximum atomic E-state index is 12.2. The molecule has 24 heavy (non-hydrogen) atoms. The minimum atomic E-state index is -0.382. The molecule has 6 nitrogen and oxygen atoms in total. The number of ether oxygens (including phenoxy) is 1. The number of rotatable bonds is 6. The number of anilines is 1. The van der Waals surface area contributed by atoms with Crippen molar-refractivity contribution in [2.45, 2.75) is 46.1 Å². The number of carbonyl (C=O) groups excluding carboxylic acids is 3. The average molecular weight is 332 g/mol. The van der Waals surface area contributed by atoms with Crippen LogP contribution in [0, 0.1) is 13.8 Å². The Morgan fingerprint density at radius 1 is 1.25 bits per heavy atom. The number of carbonyl (C=O) groups is 3. The SMILES string of the molecule is CCOC(=O)CCC(=O)N[C@@H]1CC(=O)N(c2ccc(C)c(C)c2)C1. The third kappa shape index (κ3) is 4.57. The summed E-state index contributed by atoms with van der Waals surface area (Å²) in [5.41, 5.74) is 3.16. The zero-order valence-corrected chi connectivity index (χ0v) is 14.4. The van der Waals surface area contributed by atoms with E-state index in [-0.39, 0.29) is 43.1 Å². The fourth-order valence-corrected chi connectivity index (χ4v) is 2.70. The molecule has 0 aliphatic carbocycles. The molecule has 6 heteroatoms. The first-order valence-corrected chi connectivity index (χ1v) is 8.23. The summed E-state index contributed by atoms with van der Waals surface area (Å²) < 4.78 is 4.79. The molecule has 0 aromatic heterocycles. The Bertz CT molecular complexity index is 642. The predicted octanol–water partition coefficient (Wildman–Crippen LogP) is 1.87. The van der Waals surface area contributed by atoms with E-state index in [4.69, 9.17) is 4.74 Å². The maximum Gasteiger partial charge on any atom is 0.306 e. The molecular weight excluding hydrogens is 308 g/mol. The van der Waals surface area contributed by atoms with Gasteiger partial charge in [0.1, 0.15) is 0 Å². The van der Waals surface area contributed by atoms with Gasteiger partial charge in [0, 0.05) is 25.1 Å². The Hall–Kier alpha value is -2.37. The summed E-state index contributed by atoms with van der Waals surface area (Å²) in [6.07, 6.45) is 0.409. The largest absolute Gasteiger partial charge is 0.466 e. The topological polar surface area (TPSA) is 75.7 Å².